The summed E-state index contributed by atoms with van der Waals surface area (Å²) in [7, 11) is 0. The van der Waals surface area contributed by atoms with Crippen molar-refractivity contribution in [2.75, 3.05) is 0 Å². The van der Waals surface area contributed by atoms with Crippen molar-refractivity contribution in [3.05, 3.63) is 29.8 Å². The van der Waals surface area contributed by atoms with E-state index in [1.54, 1.807) is 12.1 Å². The van der Waals surface area contributed by atoms with Crippen LogP contribution in [-0.2, 0) is 6.42 Å². The number of hydrogen-bond donors (Lipinski definition) is 2. The number of nitrogens with two attached hydrogens (primary N) is 1. The zero-order chi connectivity index (χ0) is 9.97. The maximum absolute atomic E-state index is 9.14. The summed E-state index contributed by atoms with van der Waals surface area (Å²) in [5.41, 5.74) is 7.17. The van der Waals surface area contributed by atoms with Crippen LogP contribution >= 0.6 is 0 Å². The summed E-state index contributed by atoms with van der Waals surface area (Å²) in [4.78, 5) is 0. The van der Waals surface area contributed by atoms with E-state index in [1.165, 1.54) is 18.4 Å². The van der Waals surface area contributed by atoms with E-state index in [9.17, 15) is 0 Å². The molecule has 0 radical (unpaired) electrons. The maximum atomic E-state index is 9.14. The van der Waals surface area contributed by atoms with Crippen LogP contribution in [0.25, 0.3) is 0 Å². The lowest BCUT2D eigenvalue weighted by atomic mass is 9.98. The molecule has 2 rings (SSSR count). The van der Waals surface area contributed by atoms with Crippen molar-refractivity contribution in [1.29, 1.82) is 0 Å². The Morgan fingerprint density at radius 2 is 1.93 bits per heavy atom. The second-order valence-corrected chi connectivity index (χ2v) is 4.31. The third-order valence-electron chi connectivity index (χ3n) is 3.04. The largest absolute Gasteiger partial charge is 0.508 e. The van der Waals surface area contributed by atoms with Gasteiger partial charge in [-0.05, 0) is 49.3 Å². The Morgan fingerprint density at radius 1 is 1.21 bits per heavy atom. The monoisotopic (exact) mass is 191 g/mol. The fraction of sp³-hybridized carbons (Fsp3) is 0.500. The highest BCUT2D eigenvalue weighted by molar-refractivity contribution is 5.26. The van der Waals surface area contributed by atoms with Crippen LogP contribution in [0.1, 0.15) is 24.8 Å². The van der Waals surface area contributed by atoms with Gasteiger partial charge in [0.2, 0.25) is 0 Å². The topological polar surface area (TPSA) is 46.2 Å². The molecule has 2 nitrogen and oxygen atoms in total. The summed E-state index contributed by atoms with van der Waals surface area (Å²) in [5.74, 6) is 1.09. The average molecular weight is 191 g/mol. The molecule has 0 spiro atoms. The van der Waals surface area contributed by atoms with Crippen LogP contribution in [0.2, 0.25) is 0 Å². The SMILES string of the molecule is NC1CCC(Cc2ccc(O)cc2)C1. The number of phenolic OH excluding ortho intramolecular Hbond substituents is 1. The van der Waals surface area contributed by atoms with Gasteiger partial charge in [-0.25, -0.2) is 0 Å². The first kappa shape index (κ1) is 9.53. The standard InChI is InChI=1S/C12H17NO/c13-11-4-1-10(8-11)7-9-2-5-12(14)6-3-9/h2-3,5-6,10-11,14H,1,4,7-8,13H2. The first-order valence-corrected chi connectivity index (χ1v) is 5.27. The molecule has 3 N–H and O–H groups in total. The Hall–Kier alpha value is -1.02. The van der Waals surface area contributed by atoms with Crippen molar-refractivity contribution in [3.8, 4) is 5.75 Å². The molecular formula is C12H17NO. The van der Waals surface area contributed by atoms with E-state index in [-0.39, 0.29) is 0 Å². The molecule has 1 aliphatic rings. The Morgan fingerprint density at radius 3 is 2.50 bits per heavy atom. The van der Waals surface area contributed by atoms with Crippen LogP contribution in [0.4, 0.5) is 0 Å². The summed E-state index contributed by atoms with van der Waals surface area (Å²) in [6, 6.07) is 7.92. The van der Waals surface area contributed by atoms with Crippen molar-refractivity contribution in [1.82, 2.24) is 0 Å². The smallest absolute Gasteiger partial charge is 0.115 e. The van der Waals surface area contributed by atoms with E-state index in [1.807, 2.05) is 12.1 Å². The summed E-state index contributed by atoms with van der Waals surface area (Å²) in [6.45, 7) is 0. The van der Waals surface area contributed by atoms with Gasteiger partial charge >= 0.3 is 0 Å². The summed E-state index contributed by atoms with van der Waals surface area (Å²) >= 11 is 0. The van der Waals surface area contributed by atoms with Gasteiger partial charge in [-0.2, -0.15) is 0 Å². The lowest BCUT2D eigenvalue weighted by molar-refractivity contribution is 0.474. The van der Waals surface area contributed by atoms with Gasteiger partial charge in [0.05, 0.1) is 0 Å². The molecule has 0 aliphatic heterocycles. The second kappa shape index (κ2) is 4.01. The number of hydrogen-bond acceptors (Lipinski definition) is 2. The molecule has 0 bridgehead atoms. The highest BCUT2D eigenvalue weighted by Crippen LogP contribution is 2.27. The van der Waals surface area contributed by atoms with Gasteiger partial charge in [0, 0.05) is 6.04 Å². The summed E-state index contributed by atoms with van der Waals surface area (Å²) in [6.07, 6.45) is 4.68. The van der Waals surface area contributed by atoms with E-state index in [0.29, 0.717) is 11.8 Å². The van der Waals surface area contributed by atoms with Crippen LogP contribution < -0.4 is 5.73 Å². The first-order chi connectivity index (χ1) is 6.74. The van der Waals surface area contributed by atoms with Gasteiger partial charge < -0.3 is 10.8 Å². The zero-order valence-corrected chi connectivity index (χ0v) is 8.32. The Kier molecular flexibility index (Phi) is 2.73. The second-order valence-electron chi connectivity index (χ2n) is 4.31. The molecular weight excluding hydrogens is 174 g/mol. The Balaban J connectivity index is 1.94. The van der Waals surface area contributed by atoms with Crippen LogP contribution in [0.3, 0.4) is 0 Å². The van der Waals surface area contributed by atoms with Crippen molar-refractivity contribution in [2.24, 2.45) is 11.7 Å². The van der Waals surface area contributed by atoms with Crippen molar-refractivity contribution in [3.63, 3.8) is 0 Å². The molecule has 1 aliphatic carbocycles. The minimum Gasteiger partial charge on any atom is -0.508 e. The molecule has 2 atom stereocenters. The van der Waals surface area contributed by atoms with E-state index >= 15 is 0 Å². The third-order valence-corrected chi connectivity index (χ3v) is 3.04. The quantitative estimate of drug-likeness (QED) is 0.751. The molecule has 0 aromatic heterocycles. The van der Waals surface area contributed by atoms with Gasteiger partial charge in [-0.3, -0.25) is 0 Å². The molecule has 1 aromatic carbocycles. The van der Waals surface area contributed by atoms with Gasteiger partial charge in [-0.15, -0.1) is 0 Å². The van der Waals surface area contributed by atoms with Crippen molar-refractivity contribution < 1.29 is 5.11 Å². The highest BCUT2D eigenvalue weighted by Gasteiger charge is 2.21. The molecule has 1 fully saturated rings. The number of benzene rings is 1. The molecule has 0 heterocycles. The van der Waals surface area contributed by atoms with Gasteiger partial charge in [-0.1, -0.05) is 12.1 Å². The molecule has 2 unspecified atom stereocenters. The van der Waals surface area contributed by atoms with E-state index in [2.05, 4.69) is 0 Å². The van der Waals surface area contributed by atoms with E-state index in [0.717, 1.165) is 18.8 Å². The first-order valence-electron chi connectivity index (χ1n) is 5.27. The van der Waals surface area contributed by atoms with E-state index < -0.39 is 0 Å². The van der Waals surface area contributed by atoms with Crippen molar-refractivity contribution in [2.45, 2.75) is 31.7 Å². The van der Waals surface area contributed by atoms with E-state index in [4.69, 9.17) is 10.8 Å². The molecule has 14 heavy (non-hydrogen) atoms. The van der Waals surface area contributed by atoms with Gasteiger partial charge in [0.15, 0.2) is 0 Å². The summed E-state index contributed by atoms with van der Waals surface area (Å²) < 4.78 is 0. The third kappa shape index (κ3) is 2.26. The van der Waals surface area contributed by atoms with Gasteiger partial charge in [0.1, 0.15) is 5.75 Å². The number of aromatic hydroxyl groups is 1. The minimum absolute atomic E-state index is 0.344. The molecule has 76 valence electrons. The van der Waals surface area contributed by atoms with Gasteiger partial charge in [0.25, 0.3) is 0 Å². The molecule has 0 amide bonds. The fourth-order valence-electron chi connectivity index (χ4n) is 2.26. The van der Waals surface area contributed by atoms with Crippen LogP contribution in [-0.4, -0.2) is 11.1 Å². The molecule has 1 aromatic rings. The van der Waals surface area contributed by atoms with Crippen LogP contribution in [0.15, 0.2) is 24.3 Å². The number of phenols is 1. The van der Waals surface area contributed by atoms with Crippen LogP contribution in [0.5, 0.6) is 5.75 Å². The minimum atomic E-state index is 0.344. The normalized spacial score (nSPS) is 26.6. The maximum Gasteiger partial charge on any atom is 0.115 e. The predicted octanol–water partition coefficient (Wildman–Crippen LogP) is 2.06. The number of rotatable bonds is 2. The lowest BCUT2D eigenvalue weighted by Gasteiger charge is -2.09. The van der Waals surface area contributed by atoms with Crippen LogP contribution in [0, 0.1) is 5.92 Å². The summed E-state index contributed by atoms with van der Waals surface area (Å²) in [5, 5.41) is 9.14. The Bertz CT molecular complexity index is 294. The predicted molar refractivity (Wildman–Crippen MR) is 57.1 cm³/mol. The highest BCUT2D eigenvalue weighted by atomic mass is 16.3. The molecule has 1 saturated carbocycles. The molecule has 0 saturated heterocycles. The zero-order valence-electron chi connectivity index (χ0n) is 8.32. The van der Waals surface area contributed by atoms with Crippen molar-refractivity contribution >= 4 is 0 Å². The lowest BCUT2D eigenvalue weighted by Crippen LogP contribution is -2.15. The fourth-order valence-corrected chi connectivity index (χ4v) is 2.26. The average Bonchev–Trinajstić information content (AvgIpc) is 2.56. The Labute approximate surface area is 84.7 Å². The molecule has 2 heteroatoms.